The zero-order chi connectivity index (χ0) is 13.4. The lowest BCUT2D eigenvalue weighted by Crippen LogP contribution is -2.26. The second kappa shape index (κ2) is 4.53. The van der Waals surface area contributed by atoms with E-state index in [9.17, 15) is 9.59 Å². The van der Waals surface area contributed by atoms with Gasteiger partial charge in [-0.05, 0) is 26.3 Å². The predicted molar refractivity (Wildman–Crippen MR) is 71.9 cm³/mol. The molecule has 2 N–H and O–H groups in total. The van der Waals surface area contributed by atoms with Gasteiger partial charge in [-0.25, -0.2) is 4.98 Å². The van der Waals surface area contributed by atoms with Crippen LogP contribution in [-0.4, -0.2) is 15.5 Å². The number of fused-ring (bicyclic) bond motifs is 1. The van der Waals surface area contributed by atoms with Crippen LogP contribution >= 0.6 is 11.3 Å². The fraction of sp³-hybridized carbons (Fsp3) is 0.417. The molecule has 0 unspecified atom stereocenters. The molecule has 2 rings (SSSR count). The Morgan fingerprint density at radius 3 is 2.67 bits per heavy atom. The van der Waals surface area contributed by atoms with E-state index in [2.05, 4.69) is 4.98 Å². The molecule has 0 spiro atoms. The van der Waals surface area contributed by atoms with Gasteiger partial charge < -0.3 is 5.73 Å². The standard InChI is InChI=1S/C12H15N3O2S/c1-6-7(2)18-11-10(6)12(17)15(8(3)14-11)5-4-9(13)16/h4-5H2,1-3H3,(H2,13,16). The highest BCUT2D eigenvalue weighted by molar-refractivity contribution is 7.18. The molecule has 0 bridgehead atoms. The molecule has 0 aliphatic rings. The molecule has 0 aliphatic carbocycles. The van der Waals surface area contributed by atoms with Gasteiger partial charge in [-0.3, -0.25) is 14.2 Å². The number of amides is 1. The summed E-state index contributed by atoms with van der Waals surface area (Å²) in [6.07, 6.45) is 0.149. The molecule has 0 aromatic carbocycles. The van der Waals surface area contributed by atoms with E-state index in [-0.39, 0.29) is 18.5 Å². The Morgan fingerprint density at radius 1 is 1.39 bits per heavy atom. The third-order valence-corrected chi connectivity index (χ3v) is 4.16. The maximum Gasteiger partial charge on any atom is 0.262 e. The molecule has 0 radical (unpaired) electrons. The largest absolute Gasteiger partial charge is 0.370 e. The van der Waals surface area contributed by atoms with Crippen molar-refractivity contribution in [3.05, 3.63) is 26.6 Å². The van der Waals surface area contributed by atoms with Gasteiger partial charge in [0.1, 0.15) is 10.7 Å². The molecule has 18 heavy (non-hydrogen) atoms. The topological polar surface area (TPSA) is 78.0 Å². The first-order valence-electron chi connectivity index (χ1n) is 5.67. The van der Waals surface area contributed by atoms with E-state index in [1.807, 2.05) is 13.8 Å². The maximum absolute atomic E-state index is 12.4. The van der Waals surface area contributed by atoms with Crippen molar-refractivity contribution in [3.63, 3.8) is 0 Å². The van der Waals surface area contributed by atoms with Crippen molar-refractivity contribution in [2.24, 2.45) is 5.73 Å². The van der Waals surface area contributed by atoms with Crippen LogP contribution in [0.15, 0.2) is 4.79 Å². The summed E-state index contributed by atoms with van der Waals surface area (Å²) in [5, 5.41) is 0.660. The molecule has 2 heterocycles. The van der Waals surface area contributed by atoms with Crippen molar-refractivity contribution in [1.29, 1.82) is 0 Å². The molecule has 5 nitrogen and oxygen atoms in total. The van der Waals surface area contributed by atoms with Crippen LogP contribution in [0.3, 0.4) is 0 Å². The fourth-order valence-electron chi connectivity index (χ4n) is 1.91. The third kappa shape index (κ3) is 2.03. The van der Waals surface area contributed by atoms with Crippen LogP contribution in [-0.2, 0) is 11.3 Å². The molecule has 1 amide bonds. The Labute approximate surface area is 108 Å². The lowest BCUT2D eigenvalue weighted by Gasteiger charge is -2.08. The summed E-state index contributed by atoms with van der Waals surface area (Å²) in [6.45, 7) is 5.96. The summed E-state index contributed by atoms with van der Waals surface area (Å²) in [6, 6.07) is 0. The first-order chi connectivity index (χ1) is 8.41. The molecule has 6 heteroatoms. The second-order valence-corrected chi connectivity index (χ2v) is 5.50. The van der Waals surface area contributed by atoms with Gasteiger partial charge in [0, 0.05) is 17.8 Å². The summed E-state index contributed by atoms with van der Waals surface area (Å²) < 4.78 is 1.52. The van der Waals surface area contributed by atoms with Crippen molar-refractivity contribution in [1.82, 2.24) is 9.55 Å². The first-order valence-corrected chi connectivity index (χ1v) is 6.49. The van der Waals surface area contributed by atoms with Crippen LogP contribution in [0.4, 0.5) is 0 Å². The van der Waals surface area contributed by atoms with Crippen LogP contribution in [0, 0.1) is 20.8 Å². The van der Waals surface area contributed by atoms with Crippen LogP contribution in [0.25, 0.3) is 10.2 Å². The normalized spacial score (nSPS) is 11.1. The zero-order valence-corrected chi connectivity index (χ0v) is 11.4. The van der Waals surface area contributed by atoms with E-state index in [1.54, 1.807) is 6.92 Å². The maximum atomic E-state index is 12.4. The molecule has 2 aromatic heterocycles. The van der Waals surface area contributed by atoms with Crippen molar-refractivity contribution < 1.29 is 4.79 Å². The highest BCUT2D eigenvalue weighted by Gasteiger charge is 2.14. The number of primary amides is 1. The van der Waals surface area contributed by atoms with Gasteiger partial charge >= 0.3 is 0 Å². The minimum atomic E-state index is -0.417. The quantitative estimate of drug-likeness (QED) is 0.907. The number of thiophene rings is 1. The van der Waals surface area contributed by atoms with E-state index in [1.165, 1.54) is 15.9 Å². The fourth-order valence-corrected chi connectivity index (χ4v) is 2.98. The second-order valence-electron chi connectivity index (χ2n) is 4.30. The van der Waals surface area contributed by atoms with E-state index >= 15 is 0 Å². The average molecular weight is 265 g/mol. The molecular weight excluding hydrogens is 250 g/mol. The third-order valence-electron chi connectivity index (χ3n) is 3.06. The minimum Gasteiger partial charge on any atom is -0.370 e. The Balaban J connectivity index is 2.64. The number of nitrogens with zero attached hydrogens (tertiary/aromatic N) is 2. The molecule has 0 saturated carbocycles. The van der Waals surface area contributed by atoms with Crippen LogP contribution in [0.2, 0.25) is 0 Å². The summed E-state index contributed by atoms with van der Waals surface area (Å²) in [7, 11) is 0. The number of hydrogen-bond donors (Lipinski definition) is 1. The summed E-state index contributed by atoms with van der Waals surface area (Å²) in [5.41, 5.74) is 6.00. The molecule has 0 fully saturated rings. The number of aryl methyl sites for hydroxylation is 3. The van der Waals surface area contributed by atoms with Gasteiger partial charge in [-0.1, -0.05) is 0 Å². The van der Waals surface area contributed by atoms with Crippen LogP contribution in [0.5, 0.6) is 0 Å². The minimum absolute atomic E-state index is 0.0828. The lowest BCUT2D eigenvalue weighted by molar-refractivity contribution is -0.118. The van der Waals surface area contributed by atoms with E-state index < -0.39 is 5.91 Å². The highest BCUT2D eigenvalue weighted by atomic mass is 32.1. The van der Waals surface area contributed by atoms with Crippen LogP contribution in [0.1, 0.15) is 22.7 Å². The van der Waals surface area contributed by atoms with Crippen LogP contribution < -0.4 is 11.3 Å². The monoisotopic (exact) mass is 265 g/mol. The van der Waals surface area contributed by atoms with Crippen molar-refractivity contribution in [2.75, 3.05) is 0 Å². The van der Waals surface area contributed by atoms with E-state index in [0.717, 1.165) is 15.3 Å². The number of hydrogen-bond acceptors (Lipinski definition) is 4. The van der Waals surface area contributed by atoms with Gasteiger partial charge in [0.15, 0.2) is 0 Å². The van der Waals surface area contributed by atoms with Crippen molar-refractivity contribution in [3.8, 4) is 0 Å². The Bertz CT molecular complexity index is 685. The SMILES string of the molecule is Cc1sc2nc(C)n(CCC(N)=O)c(=O)c2c1C. The molecule has 0 atom stereocenters. The number of carbonyl (C=O) groups excluding carboxylic acids is 1. The predicted octanol–water partition coefficient (Wildman–Crippen LogP) is 1.26. The van der Waals surface area contributed by atoms with Gasteiger partial charge in [0.05, 0.1) is 5.39 Å². The number of aromatic nitrogens is 2. The molecule has 0 saturated heterocycles. The Morgan fingerprint density at radius 2 is 2.06 bits per heavy atom. The number of carbonyl (C=O) groups is 1. The van der Waals surface area contributed by atoms with Gasteiger partial charge in [-0.15, -0.1) is 11.3 Å². The first kappa shape index (κ1) is 12.8. The molecule has 96 valence electrons. The summed E-state index contributed by atoms with van der Waals surface area (Å²) in [5.74, 6) is 0.203. The Kier molecular flexibility index (Phi) is 3.21. The summed E-state index contributed by atoms with van der Waals surface area (Å²) in [4.78, 5) is 29.5. The van der Waals surface area contributed by atoms with Gasteiger partial charge in [-0.2, -0.15) is 0 Å². The average Bonchev–Trinajstić information content (AvgIpc) is 2.53. The van der Waals surface area contributed by atoms with Gasteiger partial charge in [0.2, 0.25) is 5.91 Å². The van der Waals surface area contributed by atoms with Crippen molar-refractivity contribution in [2.45, 2.75) is 33.7 Å². The Hall–Kier alpha value is -1.69. The van der Waals surface area contributed by atoms with E-state index in [0.29, 0.717) is 11.2 Å². The highest BCUT2D eigenvalue weighted by Crippen LogP contribution is 2.26. The number of nitrogens with two attached hydrogens (primary N) is 1. The smallest absolute Gasteiger partial charge is 0.262 e. The molecule has 0 aliphatic heterocycles. The lowest BCUT2D eigenvalue weighted by atomic mass is 10.2. The molecule has 2 aromatic rings. The van der Waals surface area contributed by atoms with E-state index in [4.69, 9.17) is 5.73 Å². The summed E-state index contributed by atoms with van der Waals surface area (Å²) >= 11 is 1.52. The number of rotatable bonds is 3. The van der Waals surface area contributed by atoms with Crippen molar-refractivity contribution >= 4 is 27.5 Å². The zero-order valence-electron chi connectivity index (χ0n) is 10.6. The molecular formula is C12H15N3O2S. The van der Waals surface area contributed by atoms with Gasteiger partial charge in [0.25, 0.3) is 5.56 Å².